The Balaban J connectivity index is 1.92. The molecule has 0 radical (unpaired) electrons. The lowest BCUT2D eigenvalue weighted by Crippen LogP contribution is -2.48. The first-order chi connectivity index (χ1) is 18.3. The lowest BCUT2D eigenvalue weighted by atomic mass is 9.96. The van der Waals surface area contributed by atoms with Gasteiger partial charge in [-0.2, -0.15) is 0 Å². The van der Waals surface area contributed by atoms with E-state index in [9.17, 15) is 18.8 Å². The van der Waals surface area contributed by atoms with E-state index in [0.29, 0.717) is 16.5 Å². The first kappa shape index (κ1) is 29.1. The Kier molecular flexibility index (Phi) is 10.6. The lowest BCUT2D eigenvalue weighted by molar-refractivity contribution is -0.145. The van der Waals surface area contributed by atoms with Crippen LogP contribution in [0.3, 0.4) is 0 Å². The van der Waals surface area contributed by atoms with E-state index in [1.807, 2.05) is 20.8 Å². The van der Waals surface area contributed by atoms with E-state index in [2.05, 4.69) is 6.92 Å². The van der Waals surface area contributed by atoms with Crippen LogP contribution in [-0.2, 0) is 22.7 Å². The summed E-state index contributed by atoms with van der Waals surface area (Å²) < 4.78 is 19.2. The first-order valence-electron chi connectivity index (χ1n) is 13.6. The monoisotopic (exact) mass is 522 g/mol. The number of hydrogen-bond acceptors (Lipinski definition) is 4. The molecule has 2 unspecified atom stereocenters. The number of fused-ring (bicyclic) bond motifs is 1. The highest BCUT2D eigenvalue weighted by molar-refractivity contribution is 5.86. The molecule has 204 valence electrons. The SMILES string of the molecule is CCCCC(CC)C(=O)N(CC(=O)N(Cc1ccc(F)cc1)Cc1coc2ccccc2c1=O)C(C)CC. The van der Waals surface area contributed by atoms with Gasteiger partial charge in [0.25, 0.3) is 0 Å². The molecule has 6 nitrogen and oxygen atoms in total. The van der Waals surface area contributed by atoms with Gasteiger partial charge in [-0.25, -0.2) is 4.39 Å². The zero-order chi connectivity index (χ0) is 27.7. The molecule has 3 aromatic rings. The van der Waals surface area contributed by atoms with Crippen molar-refractivity contribution in [1.29, 1.82) is 0 Å². The Labute approximate surface area is 224 Å². The number of carbonyl (C=O) groups excluding carboxylic acids is 2. The zero-order valence-electron chi connectivity index (χ0n) is 22.9. The van der Waals surface area contributed by atoms with Crippen molar-refractivity contribution >= 4 is 22.8 Å². The molecule has 0 spiro atoms. The highest BCUT2D eigenvalue weighted by Gasteiger charge is 2.29. The Bertz CT molecular complexity index is 1270. The minimum Gasteiger partial charge on any atom is -0.464 e. The van der Waals surface area contributed by atoms with Crippen LogP contribution in [-0.4, -0.2) is 34.2 Å². The van der Waals surface area contributed by atoms with Crippen LogP contribution in [0.5, 0.6) is 0 Å². The summed E-state index contributed by atoms with van der Waals surface area (Å²) >= 11 is 0. The normalized spacial score (nSPS) is 12.8. The number of hydrogen-bond donors (Lipinski definition) is 0. The van der Waals surface area contributed by atoms with Crippen molar-refractivity contribution in [3.05, 3.63) is 82.0 Å². The molecular formula is C31H39FN2O4. The largest absolute Gasteiger partial charge is 0.464 e. The van der Waals surface area contributed by atoms with Crippen LogP contribution in [0.15, 0.2) is 64.0 Å². The maximum Gasteiger partial charge on any atom is 0.242 e. The quantitative estimate of drug-likeness (QED) is 0.264. The number of rotatable bonds is 13. The smallest absolute Gasteiger partial charge is 0.242 e. The third-order valence-corrected chi connectivity index (χ3v) is 7.21. The van der Waals surface area contributed by atoms with E-state index >= 15 is 0 Å². The van der Waals surface area contributed by atoms with Crippen LogP contribution in [0.4, 0.5) is 4.39 Å². The molecule has 1 aromatic heterocycles. The predicted molar refractivity (Wildman–Crippen MR) is 148 cm³/mol. The van der Waals surface area contributed by atoms with Crippen LogP contribution in [0, 0.1) is 11.7 Å². The molecule has 0 saturated heterocycles. The number of carbonyl (C=O) groups is 2. The van der Waals surface area contributed by atoms with E-state index in [1.165, 1.54) is 18.4 Å². The Morgan fingerprint density at radius 1 is 0.974 bits per heavy atom. The van der Waals surface area contributed by atoms with Crippen LogP contribution < -0.4 is 5.43 Å². The molecule has 7 heteroatoms. The topological polar surface area (TPSA) is 70.8 Å². The highest BCUT2D eigenvalue weighted by atomic mass is 19.1. The molecule has 3 rings (SSSR count). The van der Waals surface area contributed by atoms with Crippen LogP contribution in [0.2, 0.25) is 0 Å². The highest BCUT2D eigenvalue weighted by Crippen LogP contribution is 2.20. The molecule has 0 fully saturated rings. The number of benzene rings is 2. The van der Waals surface area contributed by atoms with E-state index in [1.54, 1.807) is 46.2 Å². The molecule has 0 aliphatic rings. The van der Waals surface area contributed by atoms with Gasteiger partial charge in [-0.3, -0.25) is 14.4 Å². The molecule has 0 aliphatic carbocycles. The average molecular weight is 523 g/mol. The average Bonchev–Trinajstić information content (AvgIpc) is 2.93. The summed E-state index contributed by atoms with van der Waals surface area (Å²) in [4.78, 5) is 43.7. The van der Waals surface area contributed by atoms with Crippen LogP contribution in [0.1, 0.15) is 70.9 Å². The van der Waals surface area contributed by atoms with Crippen molar-refractivity contribution in [2.24, 2.45) is 5.92 Å². The lowest BCUT2D eigenvalue weighted by Gasteiger charge is -2.33. The Hall–Kier alpha value is -3.48. The number of unbranched alkanes of at least 4 members (excludes halogenated alkanes) is 1. The van der Waals surface area contributed by atoms with Gasteiger partial charge in [0.2, 0.25) is 11.8 Å². The van der Waals surface area contributed by atoms with E-state index in [0.717, 1.165) is 37.7 Å². The van der Waals surface area contributed by atoms with Crippen molar-refractivity contribution in [3.8, 4) is 0 Å². The number of halogens is 1. The minimum atomic E-state index is -0.368. The van der Waals surface area contributed by atoms with Gasteiger partial charge in [-0.05, 0) is 56.0 Å². The summed E-state index contributed by atoms with van der Waals surface area (Å²) in [6, 6.07) is 12.8. The third-order valence-electron chi connectivity index (χ3n) is 7.21. The molecule has 2 atom stereocenters. The predicted octanol–water partition coefficient (Wildman–Crippen LogP) is 6.30. The van der Waals surface area contributed by atoms with Crippen molar-refractivity contribution in [3.63, 3.8) is 0 Å². The number of nitrogens with zero attached hydrogens (tertiary/aromatic N) is 2. The second kappa shape index (κ2) is 13.9. The summed E-state index contributed by atoms with van der Waals surface area (Å²) in [5, 5.41) is 0.442. The van der Waals surface area contributed by atoms with Crippen molar-refractivity contribution in [2.75, 3.05) is 6.54 Å². The van der Waals surface area contributed by atoms with Crippen LogP contribution >= 0.6 is 0 Å². The van der Waals surface area contributed by atoms with Gasteiger partial charge >= 0.3 is 0 Å². The summed E-state index contributed by atoms with van der Waals surface area (Å²) in [7, 11) is 0. The first-order valence-corrected chi connectivity index (χ1v) is 13.6. The third kappa shape index (κ3) is 7.30. The molecule has 0 N–H and O–H groups in total. The second-order valence-corrected chi connectivity index (χ2v) is 9.93. The fourth-order valence-corrected chi connectivity index (χ4v) is 4.58. The van der Waals surface area contributed by atoms with Gasteiger partial charge in [-0.1, -0.05) is 57.9 Å². The van der Waals surface area contributed by atoms with Gasteiger partial charge < -0.3 is 14.2 Å². The minimum absolute atomic E-state index is 0.00407. The van der Waals surface area contributed by atoms with Gasteiger partial charge in [0, 0.05) is 18.5 Å². The molecule has 0 aliphatic heterocycles. The molecule has 2 aromatic carbocycles. The maximum absolute atomic E-state index is 13.8. The molecule has 0 bridgehead atoms. The van der Waals surface area contributed by atoms with E-state index in [-0.39, 0.29) is 54.7 Å². The number of amides is 2. The van der Waals surface area contributed by atoms with Crippen molar-refractivity contribution in [1.82, 2.24) is 9.80 Å². The standard InChI is InChI=1S/C31H39FN2O4/c1-5-8-11-24(7-3)31(37)34(22(4)6-2)20-29(35)33(18-23-14-16-26(32)17-15-23)19-25-21-38-28-13-10-9-12-27(28)30(25)36/h9-10,12-17,21-22,24H,5-8,11,18-20H2,1-4H3. The number of para-hydroxylation sites is 1. The molecule has 38 heavy (non-hydrogen) atoms. The van der Waals surface area contributed by atoms with Gasteiger partial charge in [-0.15, -0.1) is 0 Å². The Morgan fingerprint density at radius 3 is 2.34 bits per heavy atom. The summed E-state index contributed by atoms with van der Waals surface area (Å²) in [6.07, 6.45) is 5.59. The zero-order valence-corrected chi connectivity index (χ0v) is 22.9. The second-order valence-electron chi connectivity index (χ2n) is 9.93. The molecule has 2 amide bonds. The fraction of sp³-hybridized carbons (Fsp3) is 0.452. The molecule has 1 heterocycles. The van der Waals surface area contributed by atoms with Gasteiger partial charge in [0.1, 0.15) is 17.9 Å². The van der Waals surface area contributed by atoms with Crippen molar-refractivity contribution < 1.29 is 18.4 Å². The molecule has 0 saturated carbocycles. The van der Waals surface area contributed by atoms with Crippen molar-refractivity contribution in [2.45, 2.75) is 78.9 Å². The summed E-state index contributed by atoms with van der Waals surface area (Å²) in [6.45, 7) is 8.16. The van der Waals surface area contributed by atoms with E-state index in [4.69, 9.17) is 4.42 Å². The Morgan fingerprint density at radius 2 is 1.68 bits per heavy atom. The summed E-state index contributed by atoms with van der Waals surface area (Å²) in [5.41, 5.74) is 1.34. The molecular weight excluding hydrogens is 483 g/mol. The van der Waals surface area contributed by atoms with Gasteiger partial charge in [0.15, 0.2) is 5.43 Å². The summed E-state index contributed by atoms with van der Waals surface area (Å²) in [5.74, 6) is -0.778. The van der Waals surface area contributed by atoms with Gasteiger partial charge in [0.05, 0.1) is 23.8 Å². The maximum atomic E-state index is 13.8. The fourth-order valence-electron chi connectivity index (χ4n) is 4.58. The van der Waals surface area contributed by atoms with E-state index < -0.39 is 0 Å². The van der Waals surface area contributed by atoms with Crippen LogP contribution in [0.25, 0.3) is 11.0 Å².